The molecule has 0 spiro atoms. The smallest absolute Gasteiger partial charge is 0.00104 e. The molecule has 14 heavy (non-hydrogen) atoms. The van der Waals surface area contributed by atoms with Crippen LogP contribution in [0.25, 0.3) is 0 Å². The largest absolute Gasteiger partial charge is 0.328 e. The molecule has 2 unspecified atom stereocenters. The highest BCUT2D eigenvalue weighted by molar-refractivity contribution is 4.55. The number of hydrogen-bond donors (Lipinski definition) is 2. The van der Waals surface area contributed by atoms with Crippen molar-refractivity contribution in [3.8, 4) is 0 Å². The van der Waals surface area contributed by atoms with E-state index in [9.17, 15) is 0 Å². The maximum Gasteiger partial charge on any atom is 0.00104 e. The Morgan fingerprint density at radius 2 is 0.929 bits per heavy atom. The molecule has 2 atom stereocenters. The van der Waals surface area contributed by atoms with Gasteiger partial charge < -0.3 is 11.5 Å². The van der Waals surface area contributed by atoms with Crippen molar-refractivity contribution in [2.75, 3.05) is 0 Å². The van der Waals surface area contributed by atoms with Crippen molar-refractivity contribution in [2.24, 2.45) is 11.5 Å². The van der Waals surface area contributed by atoms with Crippen LogP contribution in [0.1, 0.15) is 65.2 Å². The van der Waals surface area contributed by atoms with Gasteiger partial charge in [-0.05, 0) is 26.7 Å². The van der Waals surface area contributed by atoms with Crippen LogP contribution >= 0.6 is 0 Å². The lowest BCUT2D eigenvalue weighted by Crippen LogP contribution is -2.14. The molecule has 0 bridgehead atoms. The molecule has 0 aliphatic heterocycles. The maximum absolute atomic E-state index is 5.67. The molecule has 0 saturated heterocycles. The molecule has 2 heteroatoms. The van der Waals surface area contributed by atoms with E-state index in [0.29, 0.717) is 12.1 Å². The lowest BCUT2D eigenvalue weighted by Gasteiger charge is -2.05. The van der Waals surface area contributed by atoms with Gasteiger partial charge in [0.15, 0.2) is 0 Å². The normalized spacial score (nSPS) is 15.4. The van der Waals surface area contributed by atoms with Gasteiger partial charge in [-0.1, -0.05) is 38.5 Å². The van der Waals surface area contributed by atoms with Crippen molar-refractivity contribution in [3.63, 3.8) is 0 Å². The number of hydrogen-bond acceptors (Lipinski definition) is 2. The van der Waals surface area contributed by atoms with Crippen LogP contribution < -0.4 is 11.5 Å². The molecular formula is C12H28N2. The van der Waals surface area contributed by atoms with Gasteiger partial charge in [-0.25, -0.2) is 0 Å². The molecule has 0 aromatic carbocycles. The Kier molecular flexibility index (Phi) is 9.42. The van der Waals surface area contributed by atoms with Crippen LogP contribution in [-0.2, 0) is 0 Å². The molecule has 86 valence electrons. The lowest BCUT2D eigenvalue weighted by atomic mass is 10.0. The number of nitrogens with two attached hydrogens (primary N) is 2. The average molecular weight is 200 g/mol. The average Bonchev–Trinajstić information content (AvgIpc) is 2.08. The zero-order valence-electron chi connectivity index (χ0n) is 9.97. The molecule has 4 N–H and O–H groups in total. The highest BCUT2D eigenvalue weighted by atomic mass is 14.6. The summed E-state index contributed by atoms with van der Waals surface area (Å²) in [6, 6.07) is 0.765. The van der Waals surface area contributed by atoms with Gasteiger partial charge in [-0.3, -0.25) is 0 Å². The summed E-state index contributed by atoms with van der Waals surface area (Å²) >= 11 is 0. The van der Waals surface area contributed by atoms with E-state index in [-0.39, 0.29) is 0 Å². The van der Waals surface area contributed by atoms with E-state index in [1.54, 1.807) is 0 Å². The van der Waals surface area contributed by atoms with Crippen LogP contribution in [-0.4, -0.2) is 12.1 Å². The predicted molar refractivity (Wildman–Crippen MR) is 64.2 cm³/mol. The second-order valence-electron chi connectivity index (χ2n) is 4.65. The van der Waals surface area contributed by atoms with Crippen molar-refractivity contribution >= 4 is 0 Å². The molecule has 0 saturated carbocycles. The van der Waals surface area contributed by atoms with Crippen LogP contribution in [0.2, 0.25) is 0 Å². The zero-order chi connectivity index (χ0) is 10.8. The molecule has 0 radical (unpaired) electrons. The van der Waals surface area contributed by atoms with Crippen molar-refractivity contribution < 1.29 is 0 Å². The summed E-state index contributed by atoms with van der Waals surface area (Å²) in [5.74, 6) is 0. The molecule has 0 aliphatic carbocycles. The van der Waals surface area contributed by atoms with Crippen LogP contribution in [0.5, 0.6) is 0 Å². The predicted octanol–water partition coefficient (Wildman–Crippen LogP) is 2.80. The molecule has 2 nitrogen and oxygen atoms in total. The van der Waals surface area contributed by atoms with Crippen LogP contribution in [0, 0.1) is 0 Å². The fourth-order valence-corrected chi connectivity index (χ4v) is 1.64. The molecule has 0 aromatic heterocycles. The van der Waals surface area contributed by atoms with E-state index in [2.05, 4.69) is 13.8 Å². The fourth-order valence-electron chi connectivity index (χ4n) is 1.64. The first-order valence-corrected chi connectivity index (χ1v) is 6.14. The Morgan fingerprint density at radius 3 is 1.21 bits per heavy atom. The fraction of sp³-hybridized carbons (Fsp3) is 1.00. The van der Waals surface area contributed by atoms with Gasteiger partial charge in [0.25, 0.3) is 0 Å². The minimum atomic E-state index is 0.382. The van der Waals surface area contributed by atoms with E-state index in [4.69, 9.17) is 11.5 Å². The van der Waals surface area contributed by atoms with Crippen molar-refractivity contribution in [1.82, 2.24) is 0 Å². The Labute approximate surface area is 89.4 Å². The summed E-state index contributed by atoms with van der Waals surface area (Å²) in [5.41, 5.74) is 11.3. The van der Waals surface area contributed by atoms with Gasteiger partial charge in [-0.15, -0.1) is 0 Å². The summed E-state index contributed by atoms with van der Waals surface area (Å²) in [6.45, 7) is 4.17. The summed E-state index contributed by atoms with van der Waals surface area (Å²) in [5, 5.41) is 0. The Hall–Kier alpha value is -0.0800. The molecule has 0 aromatic rings. The Balaban J connectivity index is 2.92. The van der Waals surface area contributed by atoms with E-state index >= 15 is 0 Å². The third kappa shape index (κ3) is 11.9. The highest BCUT2D eigenvalue weighted by Crippen LogP contribution is 2.09. The summed E-state index contributed by atoms with van der Waals surface area (Å²) in [7, 11) is 0. The third-order valence-electron chi connectivity index (χ3n) is 2.57. The Morgan fingerprint density at radius 1 is 0.643 bits per heavy atom. The van der Waals surface area contributed by atoms with Crippen LogP contribution in [0.3, 0.4) is 0 Å². The summed E-state index contributed by atoms with van der Waals surface area (Å²) in [4.78, 5) is 0. The summed E-state index contributed by atoms with van der Waals surface area (Å²) in [6.07, 6.45) is 10.4. The zero-order valence-corrected chi connectivity index (χ0v) is 9.97. The van der Waals surface area contributed by atoms with Gasteiger partial charge in [0.1, 0.15) is 0 Å². The Bertz CT molecular complexity index is 96.9. The molecule has 0 amide bonds. The molecule has 0 fully saturated rings. The monoisotopic (exact) mass is 200 g/mol. The van der Waals surface area contributed by atoms with Crippen LogP contribution in [0.15, 0.2) is 0 Å². The quantitative estimate of drug-likeness (QED) is 0.562. The standard InChI is InChI=1S/C12H28N2/c1-11(13)9-7-5-3-4-6-8-10-12(2)14/h11-12H,3-10,13-14H2,1-2H3. The van der Waals surface area contributed by atoms with E-state index in [1.165, 1.54) is 51.4 Å². The molecule has 0 rings (SSSR count). The van der Waals surface area contributed by atoms with Gasteiger partial charge in [-0.2, -0.15) is 0 Å². The van der Waals surface area contributed by atoms with E-state index in [1.807, 2.05) is 0 Å². The van der Waals surface area contributed by atoms with Crippen molar-refractivity contribution in [1.29, 1.82) is 0 Å². The third-order valence-corrected chi connectivity index (χ3v) is 2.57. The molecule has 0 heterocycles. The summed E-state index contributed by atoms with van der Waals surface area (Å²) < 4.78 is 0. The number of rotatable bonds is 9. The van der Waals surface area contributed by atoms with Gasteiger partial charge in [0.2, 0.25) is 0 Å². The van der Waals surface area contributed by atoms with E-state index < -0.39 is 0 Å². The van der Waals surface area contributed by atoms with Crippen molar-refractivity contribution in [3.05, 3.63) is 0 Å². The first-order chi connectivity index (χ1) is 6.63. The molecule has 0 aliphatic rings. The van der Waals surface area contributed by atoms with Gasteiger partial charge in [0, 0.05) is 12.1 Å². The highest BCUT2D eigenvalue weighted by Gasteiger charge is 1.96. The molecular weight excluding hydrogens is 172 g/mol. The second kappa shape index (κ2) is 9.47. The topological polar surface area (TPSA) is 52.0 Å². The van der Waals surface area contributed by atoms with Gasteiger partial charge in [0.05, 0.1) is 0 Å². The first-order valence-electron chi connectivity index (χ1n) is 6.14. The minimum Gasteiger partial charge on any atom is -0.328 e. The first kappa shape index (κ1) is 13.9. The number of unbranched alkanes of at least 4 members (excludes halogenated alkanes) is 5. The van der Waals surface area contributed by atoms with Crippen LogP contribution in [0.4, 0.5) is 0 Å². The SMILES string of the molecule is CC(N)CCCCCCCCC(C)N. The van der Waals surface area contributed by atoms with Gasteiger partial charge >= 0.3 is 0 Å². The second-order valence-corrected chi connectivity index (χ2v) is 4.65. The van der Waals surface area contributed by atoms with Crippen molar-refractivity contribution in [2.45, 2.75) is 77.3 Å². The minimum absolute atomic E-state index is 0.382. The van der Waals surface area contributed by atoms with E-state index in [0.717, 1.165) is 0 Å². The lowest BCUT2D eigenvalue weighted by molar-refractivity contribution is 0.529. The maximum atomic E-state index is 5.67.